The Bertz CT molecular complexity index is 599. The first-order valence-electron chi connectivity index (χ1n) is 6.10. The van der Waals surface area contributed by atoms with Gasteiger partial charge in [-0.05, 0) is 38.0 Å². The molecule has 0 bridgehead atoms. The molecule has 2 aromatic rings. The second-order valence-electron chi connectivity index (χ2n) is 4.79. The second kappa shape index (κ2) is 4.10. The van der Waals surface area contributed by atoms with Gasteiger partial charge >= 0.3 is 0 Å². The van der Waals surface area contributed by atoms with E-state index in [-0.39, 0.29) is 5.91 Å². The molecule has 5 nitrogen and oxygen atoms in total. The molecule has 0 spiro atoms. The monoisotopic (exact) mass is 245 g/mol. The summed E-state index contributed by atoms with van der Waals surface area (Å²) in [6, 6.07) is 4.90. The lowest BCUT2D eigenvalue weighted by Gasteiger charge is -2.06. The molecule has 0 radical (unpaired) electrons. The van der Waals surface area contributed by atoms with Crippen molar-refractivity contribution in [2.75, 3.05) is 5.32 Å². The standard InChI is InChI=1S/C13H15N3O2/c1-7(14)12(17)15-9-4-5-11-10(6-9)16-13(18-11)8-2-3-8/h4-8H,2-3,14H2,1H3,(H,15,17)/t7-/m0/s1. The Labute approximate surface area is 104 Å². The maximum Gasteiger partial charge on any atom is 0.240 e. The van der Waals surface area contributed by atoms with Crippen molar-refractivity contribution in [3.8, 4) is 0 Å². The van der Waals surface area contributed by atoms with Gasteiger partial charge in [0.1, 0.15) is 5.52 Å². The minimum Gasteiger partial charge on any atom is -0.440 e. The van der Waals surface area contributed by atoms with Gasteiger partial charge in [-0.3, -0.25) is 4.79 Å². The van der Waals surface area contributed by atoms with Crippen LogP contribution < -0.4 is 11.1 Å². The molecule has 1 amide bonds. The van der Waals surface area contributed by atoms with Crippen LogP contribution >= 0.6 is 0 Å². The number of hydrogen-bond donors (Lipinski definition) is 2. The van der Waals surface area contributed by atoms with E-state index in [0.29, 0.717) is 11.6 Å². The zero-order valence-corrected chi connectivity index (χ0v) is 10.1. The first-order chi connectivity index (χ1) is 8.63. The Morgan fingerprint density at radius 3 is 3.00 bits per heavy atom. The molecule has 1 heterocycles. The molecule has 0 aliphatic heterocycles. The summed E-state index contributed by atoms with van der Waals surface area (Å²) in [7, 11) is 0. The average Bonchev–Trinajstić information content (AvgIpc) is 3.09. The molecular weight excluding hydrogens is 230 g/mol. The van der Waals surface area contributed by atoms with E-state index in [2.05, 4.69) is 10.3 Å². The predicted octanol–water partition coefficient (Wildman–Crippen LogP) is 1.99. The number of oxazole rings is 1. The second-order valence-corrected chi connectivity index (χ2v) is 4.79. The van der Waals surface area contributed by atoms with Gasteiger partial charge in [0.15, 0.2) is 11.5 Å². The minimum atomic E-state index is -0.528. The predicted molar refractivity (Wildman–Crippen MR) is 68.3 cm³/mol. The molecule has 1 aliphatic rings. The molecule has 0 saturated heterocycles. The van der Waals surface area contributed by atoms with Crippen LogP contribution in [0.1, 0.15) is 31.6 Å². The van der Waals surface area contributed by atoms with E-state index in [4.69, 9.17) is 10.2 Å². The summed E-state index contributed by atoms with van der Waals surface area (Å²) in [5.41, 5.74) is 7.73. The van der Waals surface area contributed by atoms with Crippen LogP contribution in [0, 0.1) is 0 Å². The zero-order chi connectivity index (χ0) is 12.7. The van der Waals surface area contributed by atoms with Gasteiger partial charge in [0.2, 0.25) is 5.91 Å². The van der Waals surface area contributed by atoms with E-state index in [9.17, 15) is 4.79 Å². The Balaban J connectivity index is 1.88. The number of nitrogens with two attached hydrogens (primary N) is 1. The van der Waals surface area contributed by atoms with Gasteiger partial charge in [-0.25, -0.2) is 4.98 Å². The Kier molecular flexibility index (Phi) is 2.56. The van der Waals surface area contributed by atoms with Crippen LogP contribution in [0.4, 0.5) is 5.69 Å². The first kappa shape index (κ1) is 11.2. The van der Waals surface area contributed by atoms with Crippen molar-refractivity contribution in [1.29, 1.82) is 0 Å². The number of amides is 1. The van der Waals surface area contributed by atoms with Crippen LogP contribution in [0.25, 0.3) is 11.1 Å². The van der Waals surface area contributed by atoms with Crippen LogP contribution in [0.2, 0.25) is 0 Å². The molecule has 3 N–H and O–H groups in total. The van der Waals surface area contributed by atoms with Gasteiger partial charge in [0.25, 0.3) is 0 Å². The lowest BCUT2D eigenvalue weighted by molar-refractivity contribution is -0.117. The SMILES string of the molecule is C[C@H](N)C(=O)Nc1ccc2oc(C3CC3)nc2c1. The van der Waals surface area contributed by atoms with Crippen LogP contribution in [0.5, 0.6) is 0 Å². The number of aromatic nitrogens is 1. The van der Waals surface area contributed by atoms with Crippen LogP contribution in [0.15, 0.2) is 22.6 Å². The van der Waals surface area contributed by atoms with Gasteiger partial charge in [-0.15, -0.1) is 0 Å². The largest absolute Gasteiger partial charge is 0.440 e. The van der Waals surface area contributed by atoms with Crippen molar-refractivity contribution in [1.82, 2.24) is 4.98 Å². The third-order valence-electron chi connectivity index (χ3n) is 3.01. The summed E-state index contributed by atoms with van der Waals surface area (Å²) < 4.78 is 5.65. The summed E-state index contributed by atoms with van der Waals surface area (Å²) in [5.74, 6) is 1.08. The number of hydrogen-bond acceptors (Lipinski definition) is 4. The number of nitrogens with zero attached hydrogens (tertiary/aromatic N) is 1. The number of fused-ring (bicyclic) bond motifs is 1. The van der Waals surface area contributed by atoms with E-state index in [1.54, 1.807) is 13.0 Å². The van der Waals surface area contributed by atoms with Crippen LogP contribution in [0.3, 0.4) is 0 Å². The lowest BCUT2D eigenvalue weighted by atomic mass is 10.2. The fraction of sp³-hybridized carbons (Fsp3) is 0.385. The highest BCUT2D eigenvalue weighted by molar-refractivity contribution is 5.95. The number of benzene rings is 1. The third kappa shape index (κ3) is 2.09. The van der Waals surface area contributed by atoms with E-state index >= 15 is 0 Å². The average molecular weight is 245 g/mol. The molecule has 1 aromatic carbocycles. The molecule has 3 rings (SSSR count). The Hall–Kier alpha value is -1.88. The maximum atomic E-state index is 11.5. The Morgan fingerprint density at radius 2 is 2.33 bits per heavy atom. The first-order valence-corrected chi connectivity index (χ1v) is 6.10. The molecule has 0 unspecified atom stereocenters. The summed E-state index contributed by atoms with van der Waals surface area (Å²) in [4.78, 5) is 15.9. The van der Waals surface area contributed by atoms with E-state index in [0.717, 1.165) is 29.8 Å². The fourth-order valence-corrected chi connectivity index (χ4v) is 1.78. The quantitative estimate of drug-likeness (QED) is 0.866. The molecule has 94 valence electrons. The molecule has 1 aliphatic carbocycles. The zero-order valence-electron chi connectivity index (χ0n) is 10.1. The summed E-state index contributed by atoms with van der Waals surface area (Å²) in [6.45, 7) is 1.65. The van der Waals surface area contributed by atoms with Gasteiger partial charge in [-0.1, -0.05) is 0 Å². The van der Waals surface area contributed by atoms with Gasteiger partial charge in [0, 0.05) is 11.6 Å². The van der Waals surface area contributed by atoms with Gasteiger partial charge < -0.3 is 15.5 Å². The highest BCUT2D eigenvalue weighted by Crippen LogP contribution is 2.40. The summed E-state index contributed by atoms with van der Waals surface area (Å²) in [5, 5.41) is 2.74. The van der Waals surface area contributed by atoms with Crippen LogP contribution in [-0.4, -0.2) is 16.9 Å². The molecule has 1 fully saturated rings. The number of carbonyl (C=O) groups excluding carboxylic acids is 1. The van der Waals surface area contributed by atoms with Crippen molar-refractivity contribution in [2.24, 2.45) is 5.73 Å². The summed E-state index contributed by atoms with van der Waals surface area (Å²) >= 11 is 0. The number of carbonyl (C=O) groups is 1. The van der Waals surface area contributed by atoms with Gasteiger partial charge in [-0.2, -0.15) is 0 Å². The van der Waals surface area contributed by atoms with Crippen LogP contribution in [-0.2, 0) is 4.79 Å². The highest BCUT2D eigenvalue weighted by atomic mass is 16.3. The van der Waals surface area contributed by atoms with Gasteiger partial charge in [0.05, 0.1) is 6.04 Å². The van der Waals surface area contributed by atoms with Crippen molar-refractivity contribution in [3.63, 3.8) is 0 Å². The summed E-state index contributed by atoms with van der Waals surface area (Å²) in [6.07, 6.45) is 2.31. The fourth-order valence-electron chi connectivity index (χ4n) is 1.78. The third-order valence-corrected chi connectivity index (χ3v) is 3.01. The molecule has 1 saturated carbocycles. The molecule has 1 atom stereocenters. The Morgan fingerprint density at radius 1 is 1.56 bits per heavy atom. The van der Waals surface area contributed by atoms with E-state index in [1.165, 1.54) is 0 Å². The van der Waals surface area contributed by atoms with Crippen molar-refractivity contribution in [3.05, 3.63) is 24.1 Å². The maximum absolute atomic E-state index is 11.5. The molecule has 1 aromatic heterocycles. The smallest absolute Gasteiger partial charge is 0.240 e. The van der Waals surface area contributed by atoms with Crippen molar-refractivity contribution in [2.45, 2.75) is 31.7 Å². The molecule has 18 heavy (non-hydrogen) atoms. The minimum absolute atomic E-state index is 0.208. The van der Waals surface area contributed by atoms with Crippen molar-refractivity contribution < 1.29 is 9.21 Å². The van der Waals surface area contributed by atoms with E-state index < -0.39 is 6.04 Å². The molecule has 5 heteroatoms. The number of rotatable bonds is 3. The van der Waals surface area contributed by atoms with Crippen molar-refractivity contribution >= 4 is 22.7 Å². The highest BCUT2D eigenvalue weighted by Gasteiger charge is 2.28. The lowest BCUT2D eigenvalue weighted by Crippen LogP contribution is -2.32. The molecular formula is C13H15N3O2. The number of anilines is 1. The topological polar surface area (TPSA) is 81.2 Å². The number of nitrogens with one attached hydrogen (secondary N) is 1. The van der Waals surface area contributed by atoms with E-state index in [1.807, 2.05) is 12.1 Å². The normalized spacial score (nSPS) is 16.8.